The zero-order chi connectivity index (χ0) is 23.7. The normalized spacial score (nSPS) is 22.0. The maximum Gasteiger partial charge on any atom is 0.400 e. The molecule has 1 aliphatic heterocycles. The number of hydrogen-bond acceptors (Lipinski definition) is 4. The maximum atomic E-state index is 14.8. The number of piperidine rings is 1. The third kappa shape index (κ3) is 8.09. The first-order chi connectivity index (χ1) is 15.9. The molecule has 0 N–H and O–H groups in total. The van der Waals surface area contributed by atoms with E-state index < -0.39 is 18.0 Å². The quantitative estimate of drug-likeness (QED) is 0.212. The number of esters is 1. The number of carbonyl (C=O) groups excluding carboxylic acids is 1. The van der Waals surface area contributed by atoms with Crippen LogP contribution >= 0.6 is 0 Å². The molecular weight excluding hydrogens is 424 g/mol. The van der Waals surface area contributed by atoms with Gasteiger partial charge < -0.3 is 9.47 Å². The molecule has 0 unspecified atom stereocenters. The van der Waals surface area contributed by atoms with Gasteiger partial charge in [0.05, 0.1) is 5.92 Å². The Bertz CT molecular complexity index is 751. The van der Waals surface area contributed by atoms with Gasteiger partial charge in [-0.2, -0.15) is 8.78 Å². The van der Waals surface area contributed by atoms with Gasteiger partial charge >= 0.3 is 12.1 Å². The number of ether oxygens (including phenoxy) is 2. The van der Waals surface area contributed by atoms with Gasteiger partial charge in [-0.1, -0.05) is 44.9 Å². The Labute approximate surface area is 197 Å². The molecule has 3 rings (SSSR count). The Hall–Kier alpha value is -1.95. The van der Waals surface area contributed by atoms with Crippen LogP contribution in [0.25, 0.3) is 0 Å². The predicted octanol–water partition coefficient (Wildman–Crippen LogP) is 6.54. The molecule has 0 amide bonds. The zero-order valence-electron chi connectivity index (χ0n) is 20.0. The summed E-state index contributed by atoms with van der Waals surface area (Å²) >= 11 is 0. The van der Waals surface area contributed by atoms with E-state index in [1.54, 1.807) is 12.1 Å². The highest BCUT2D eigenvalue weighted by Crippen LogP contribution is 2.39. The first-order valence-electron chi connectivity index (χ1n) is 12.6. The fourth-order valence-electron chi connectivity index (χ4n) is 4.75. The minimum atomic E-state index is -3.24. The number of carbonyl (C=O) groups is 1. The van der Waals surface area contributed by atoms with Crippen molar-refractivity contribution in [3.05, 3.63) is 42.0 Å². The fourth-order valence-corrected chi connectivity index (χ4v) is 4.75. The van der Waals surface area contributed by atoms with Gasteiger partial charge in [0.2, 0.25) is 0 Å². The smallest absolute Gasteiger partial charge is 0.400 e. The van der Waals surface area contributed by atoms with E-state index in [0.717, 1.165) is 50.8 Å². The fraction of sp³-hybridized carbons (Fsp3) is 0.667. The Morgan fingerprint density at radius 2 is 1.73 bits per heavy atom. The third-order valence-corrected chi connectivity index (χ3v) is 6.82. The molecule has 0 aromatic heterocycles. The van der Waals surface area contributed by atoms with Crippen LogP contribution in [0.3, 0.4) is 0 Å². The lowest BCUT2D eigenvalue weighted by Crippen LogP contribution is -2.39. The van der Waals surface area contributed by atoms with E-state index in [4.69, 9.17) is 9.47 Å². The van der Waals surface area contributed by atoms with Crippen LogP contribution < -0.4 is 4.74 Å². The van der Waals surface area contributed by atoms with Gasteiger partial charge in [0, 0.05) is 12.1 Å². The second kappa shape index (κ2) is 12.5. The van der Waals surface area contributed by atoms with Crippen LogP contribution in [-0.4, -0.2) is 42.7 Å². The predicted molar refractivity (Wildman–Crippen MR) is 127 cm³/mol. The summed E-state index contributed by atoms with van der Waals surface area (Å²) in [5.41, 5.74) is 1.59. The number of hydrogen-bond donors (Lipinski definition) is 0. The molecule has 1 aliphatic carbocycles. The van der Waals surface area contributed by atoms with Crippen LogP contribution in [0, 0.1) is 5.92 Å². The summed E-state index contributed by atoms with van der Waals surface area (Å²) in [6.07, 6.45) is 5.70. The van der Waals surface area contributed by atoms with Gasteiger partial charge in [0.25, 0.3) is 0 Å². The maximum absolute atomic E-state index is 14.8. The largest absolute Gasteiger partial charge is 0.459 e. The summed E-state index contributed by atoms with van der Waals surface area (Å²) in [7, 11) is 0. The highest BCUT2D eigenvalue weighted by Gasteiger charge is 2.44. The van der Waals surface area contributed by atoms with Crippen LogP contribution in [0.4, 0.5) is 8.78 Å². The second-order valence-corrected chi connectivity index (χ2v) is 9.58. The van der Waals surface area contributed by atoms with Crippen LogP contribution in [0.1, 0.15) is 76.7 Å². The molecule has 2 aliphatic rings. The van der Waals surface area contributed by atoms with E-state index >= 15 is 0 Å². The summed E-state index contributed by atoms with van der Waals surface area (Å²) < 4.78 is 40.2. The molecular formula is C27H39F2NO3. The first-order valence-corrected chi connectivity index (χ1v) is 12.6. The minimum Gasteiger partial charge on any atom is -0.459 e. The molecule has 1 saturated heterocycles. The zero-order valence-corrected chi connectivity index (χ0v) is 20.0. The molecule has 1 heterocycles. The van der Waals surface area contributed by atoms with Crippen LogP contribution in [0.15, 0.2) is 36.4 Å². The van der Waals surface area contributed by atoms with Crippen molar-refractivity contribution in [3.8, 4) is 5.75 Å². The lowest BCUT2D eigenvalue weighted by atomic mass is 9.86. The Kier molecular flexibility index (Phi) is 9.72. The number of alkyl halides is 2. The molecule has 0 spiro atoms. The molecule has 1 saturated carbocycles. The first kappa shape index (κ1) is 25.7. The van der Waals surface area contributed by atoms with E-state index in [-0.39, 0.29) is 24.7 Å². The van der Waals surface area contributed by atoms with Gasteiger partial charge in [-0.25, -0.2) is 4.79 Å². The number of nitrogens with zero attached hydrogens (tertiary/aromatic N) is 1. The monoisotopic (exact) mass is 463 g/mol. The number of halogens is 2. The molecule has 184 valence electrons. The molecule has 33 heavy (non-hydrogen) atoms. The van der Waals surface area contributed by atoms with E-state index in [9.17, 15) is 13.6 Å². The van der Waals surface area contributed by atoms with Gasteiger partial charge in [-0.3, -0.25) is 4.90 Å². The molecule has 2 fully saturated rings. The van der Waals surface area contributed by atoms with E-state index in [1.165, 1.54) is 12.8 Å². The third-order valence-electron chi connectivity index (χ3n) is 6.82. The van der Waals surface area contributed by atoms with Crippen LogP contribution in [0.2, 0.25) is 0 Å². The average molecular weight is 464 g/mol. The summed E-state index contributed by atoms with van der Waals surface area (Å²) in [5, 5.41) is 0. The Balaban J connectivity index is 1.41. The standard InChI is InChI=1S/C27H39F2NO3/c1-3-4-6-9-22-10-14-25(15-11-22)33-27(28,29)23-12-16-24(17-13-23)32-26(31)21(2)20-30-18-7-5-8-19-30/h10-11,14-15,23-24H,2-9,12-13,16-20H2,1H3. The number of rotatable bonds is 11. The number of aryl methyl sites for hydroxylation is 1. The molecule has 1 aromatic rings. The molecule has 0 atom stereocenters. The summed E-state index contributed by atoms with van der Waals surface area (Å²) in [4.78, 5) is 14.6. The van der Waals surface area contributed by atoms with Gasteiger partial charge in [0.1, 0.15) is 11.9 Å². The Morgan fingerprint density at radius 3 is 2.36 bits per heavy atom. The number of likely N-dealkylation sites (tertiary alicyclic amines) is 1. The van der Waals surface area contributed by atoms with Crippen molar-refractivity contribution in [1.82, 2.24) is 4.90 Å². The lowest BCUT2D eigenvalue weighted by molar-refractivity contribution is -0.225. The van der Waals surface area contributed by atoms with Crippen molar-refractivity contribution in [2.45, 2.75) is 89.8 Å². The SMILES string of the molecule is C=C(CN1CCCCC1)C(=O)OC1CCC(C(F)(F)Oc2ccc(CCCCC)cc2)CC1. The van der Waals surface area contributed by atoms with Crippen LogP contribution in [-0.2, 0) is 16.0 Å². The van der Waals surface area contributed by atoms with E-state index in [2.05, 4.69) is 18.4 Å². The number of unbranched alkanes of at least 4 members (excludes halogenated alkanes) is 2. The summed E-state index contributed by atoms with van der Waals surface area (Å²) in [6.45, 7) is 8.53. The van der Waals surface area contributed by atoms with Gasteiger partial charge in [0.15, 0.2) is 0 Å². The molecule has 0 bridgehead atoms. The van der Waals surface area contributed by atoms with E-state index in [0.29, 0.717) is 25.0 Å². The van der Waals surface area contributed by atoms with Crippen molar-refractivity contribution in [2.75, 3.05) is 19.6 Å². The van der Waals surface area contributed by atoms with E-state index in [1.807, 2.05) is 12.1 Å². The van der Waals surface area contributed by atoms with Gasteiger partial charge in [-0.05, 0) is 82.2 Å². The lowest BCUT2D eigenvalue weighted by Gasteiger charge is -2.33. The minimum absolute atomic E-state index is 0.196. The van der Waals surface area contributed by atoms with Crippen molar-refractivity contribution < 1.29 is 23.0 Å². The highest BCUT2D eigenvalue weighted by atomic mass is 19.3. The average Bonchev–Trinajstić information content (AvgIpc) is 2.81. The molecule has 1 aromatic carbocycles. The van der Waals surface area contributed by atoms with Crippen molar-refractivity contribution in [1.29, 1.82) is 0 Å². The summed E-state index contributed by atoms with van der Waals surface area (Å²) in [6, 6.07) is 7.01. The van der Waals surface area contributed by atoms with Crippen LogP contribution in [0.5, 0.6) is 5.75 Å². The molecule has 4 nitrogen and oxygen atoms in total. The van der Waals surface area contributed by atoms with Crippen molar-refractivity contribution in [2.24, 2.45) is 5.92 Å². The van der Waals surface area contributed by atoms with Crippen molar-refractivity contribution in [3.63, 3.8) is 0 Å². The number of benzene rings is 1. The second-order valence-electron chi connectivity index (χ2n) is 9.58. The topological polar surface area (TPSA) is 38.8 Å². The highest BCUT2D eigenvalue weighted by molar-refractivity contribution is 5.88. The Morgan fingerprint density at radius 1 is 1.06 bits per heavy atom. The van der Waals surface area contributed by atoms with Crippen molar-refractivity contribution >= 4 is 5.97 Å². The molecule has 6 heteroatoms. The van der Waals surface area contributed by atoms with Gasteiger partial charge in [-0.15, -0.1) is 0 Å². The molecule has 0 radical (unpaired) electrons. The summed E-state index contributed by atoms with van der Waals surface area (Å²) in [5.74, 6) is -1.08.